The van der Waals surface area contributed by atoms with Crippen LogP contribution in [0.15, 0.2) is 54.6 Å². The van der Waals surface area contributed by atoms with Gasteiger partial charge in [-0.15, -0.1) is 11.3 Å². The topological polar surface area (TPSA) is 128 Å². The second-order valence-electron chi connectivity index (χ2n) is 11.4. The number of carbonyl (C=O) groups excluding carboxylic acids is 1. The monoisotopic (exact) mass is 587 g/mol. The van der Waals surface area contributed by atoms with Crippen molar-refractivity contribution >= 4 is 50.1 Å². The Bertz CT molecular complexity index is 1740. The summed E-state index contributed by atoms with van der Waals surface area (Å²) >= 11 is 1.58. The molecule has 1 aliphatic heterocycles. The van der Waals surface area contributed by atoms with Crippen LogP contribution in [0.25, 0.3) is 32.2 Å². The lowest BCUT2D eigenvalue weighted by atomic mass is 9.99. The highest BCUT2D eigenvalue weighted by atomic mass is 32.1. The summed E-state index contributed by atoms with van der Waals surface area (Å²) in [7, 11) is 1.87. The molecule has 42 heavy (non-hydrogen) atoms. The number of ether oxygens (including phenoxy) is 2. The quantitative estimate of drug-likeness (QED) is 0.264. The maximum absolute atomic E-state index is 12.8. The van der Waals surface area contributed by atoms with E-state index in [1.54, 1.807) is 27.1 Å². The van der Waals surface area contributed by atoms with Gasteiger partial charge in [0.2, 0.25) is 0 Å². The molecule has 0 radical (unpaired) electrons. The van der Waals surface area contributed by atoms with Gasteiger partial charge in [0.05, 0.1) is 45.5 Å². The number of nitrogens with zero attached hydrogens (tertiary/aromatic N) is 6. The van der Waals surface area contributed by atoms with E-state index in [4.69, 9.17) is 9.47 Å². The maximum Gasteiger partial charge on any atom is 0.410 e. The van der Waals surface area contributed by atoms with E-state index in [1.165, 1.54) is 6.33 Å². The number of aliphatic hydroxyl groups is 1. The molecule has 0 aliphatic carbocycles. The van der Waals surface area contributed by atoms with Crippen molar-refractivity contribution in [3.8, 4) is 16.9 Å². The van der Waals surface area contributed by atoms with Gasteiger partial charge in [0, 0.05) is 43.9 Å². The van der Waals surface area contributed by atoms with Crippen LogP contribution >= 0.6 is 11.3 Å². The van der Waals surface area contributed by atoms with Crippen molar-refractivity contribution in [2.24, 2.45) is 7.05 Å². The second-order valence-corrected chi connectivity index (χ2v) is 12.3. The summed E-state index contributed by atoms with van der Waals surface area (Å²) in [5.41, 5.74) is 5.58. The van der Waals surface area contributed by atoms with Crippen molar-refractivity contribution in [1.82, 2.24) is 29.6 Å². The first-order valence-electron chi connectivity index (χ1n) is 13.8. The fourth-order valence-corrected chi connectivity index (χ4v) is 5.90. The van der Waals surface area contributed by atoms with Crippen molar-refractivity contribution in [3.63, 3.8) is 0 Å². The third-order valence-corrected chi connectivity index (χ3v) is 7.93. The molecule has 11 nitrogen and oxygen atoms in total. The number of aromatic nitrogens is 5. The molecule has 1 saturated heterocycles. The Labute approximate surface area is 247 Å². The summed E-state index contributed by atoms with van der Waals surface area (Å²) in [4.78, 5) is 28.0. The molecular formula is C30H33N7O4S. The predicted octanol–water partition coefficient (Wildman–Crippen LogP) is 5.52. The molecule has 218 valence electrons. The molecule has 12 heteroatoms. The maximum atomic E-state index is 12.8. The van der Waals surface area contributed by atoms with Crippen LogP contribution in [-0.2, 0) is 11.8 Å². The van der Waals surface area contributed by atoms with Gasteiger partial charge in [0.1, 0.15) is 29.6 Å². The molecule has 1 fully saturated rings. The van der Waals surface area contributed by atoms with Crippen LogP contribution in [0.1, 0.15) is 33.6 Å². The van der Waals surface area contributed by atoms with Crippen LogP contribution in [0.4, 0.5) is 16.3 Å². The third kappa shape index (κ3) is 5.86. The molecule has 0 bridgehead atoms. The van der Waals surface area contributed by atoms with E-state index in [0.717, 1.165) is 32.4 Å². The van der Waals surface area contributed by atoms with Gasteiger partial charge in [-0.25, -0.2) is 19.7 Å². The minimum absolute atomic E-state index is 0.189. The zero-order valence-electron chi connectivity index (χ0n) is 23.9. The first-order valence-corrected chi connectivity index (χ1v) is 14.7. The number of amides is 1. The van der Waals surface area contributed by atoms with Crippen molar-refractivity contribution in [2.75, 3.05) is 18.5 Å². The van der Waals surface area contributed by atoms with Gasteiger partial charge in [-0.2, -0.15) is 5.10 Å². The Morgan fingerprint density at radius 2 is 2.00 bits per heavy atom. The summed E-state index contributed by atoms with van der Waals surface area (Å²) in [6.07, 6.45) is 5.62. The number of hydrogen-bond acceptors (Lipinski definition) is 10. The van der Waals surface area contributed by atoms with Crippen LogP contribution in [0.5, 0.6) is 5.75 Å². The van der Waals surface area contributed by atoms with Crippen LogP contribution in [0.2, 0.25) is 0 Å². The lowest BCUT2D eigenvalue weighted by molar-refractivity contribution is -0.0142. The molecule has 6 rings (SSSR count). The number of anilines is 2. The summed E-state index contributed by atoms with van der Waals surface area (Å²) in [6.45, 7) is 5.71. The molecule has 3 aromatic heterocycles. The summed E-state index contributed by atoms with van der Waals surface area (Å²) in [5, 5.41) is 18.7. The minimum Gasteiger partial charge on any atom is -0.489 e. The average molecular weight is 588 g/mol. The van der Waals surface area contributed by atoms with E-state index in [-0.39, 0.29) is 12.7 Å². The van der Waals surface area contributed by atoms with Gasteiger partial charge < -0.3 is 24.8 Å². The molecule has 0 saturated carbocycles. The zero-order chi connectivity index (χ0) is 29.4. The SMILES string of the molecule is Cn1cc(-c2cc(O[C@H]3CCN(C(=O)OC(C)(C)C)[C@@H](CO)C3)c3c(Nc4ccc5ncsc5c4)ncnc3c2)cn1. The van der Waals surface area contributed by atoms with Crippen molar-refractivity contribution < 1.29 is 19.4 Å². The standard InChI is InChI=1S/C30H33N7O4S/c1-30(2,3)41-29(39)37-8-7-22(12-21(37)15-38)40-25-10-18(19-13-34-36(4)14-19)9-24-27(25)28(32-16-31-24)35-20-5-6-23-26(11-20)42-17-33-23/h5-6,9-11,13-14,16-17,21-22,38H,7-8,12,15H2,1-4H3,(H,31,32,35)/t21-,22+/m1/s1. The number of fused-ring (bicyclic) bond motifs is 2. The lowest BCUT2D eigenvalue weighted by Crippen LogP contribution is -2.51. The molecule has 1 amide bonds. The predicted molar refractivity (Wildman–Crippen MR) is 162 cm³/mol. The van der Waals surface area contributed by atoms with Crippen LogP contribution < -0.4 is 10.1 Å². The Kier molecular flexibility index (Phi) is 7.42. The number of thiazole rings is 1. The zero-order valence-corrected chi connectivity index (χ0v) is 24.8. The van der Waals surface area contributed by atoms with E-state index in [9.17, 15) is 9.90 Å². The normalized spacial score (nSPS) is 17.5. The molecule has 0 unspecified atom stereocenters. The van der Waals surface area contributed by atoms with Gasteiger partial charge in [0.15, 0.2) is 0 Å². The first kappa shape index (κ1) is 27.9. The highest BCUT2D eigenvalue weighted by Crippen LogP contribution is 2.38. The summed E-state index contributed by atoms with van der Waals surface area (Å²) in [6, 6.07) is 9.55. The van der Waals surface area contributed by atoms with E-state index >= 15 is 0 Å². The number of hydrogen-bond donors (Lipinski definition) is 2. The number of rotatable bonds is 6. The lowest BCUT2D eigenvalue weighted by Gasteiger charge is -2.39. The van der Waals surface area contributed by atoms with E-state index in [2.05, 4.69) is 25.4 Å². The molecule has 1 aliphatic rings. The Hall–Kier alpha value is -4.29. The second kappa shape index (κ2) is 11.2. The highest BCUT2D eigenvalue weighted by molar-refractivity contribution is 7.16. The van der Waals surface area contributed by atoms with Crippen molar-refractivity contribution in [2.45, 2.75) is 51.4 Å². The average Bonchev–Trinajstić information content (AvgIpc) is 3.60. The number of piperidine rings is 1. The number of likely N-dealkylation sites (tertiary alicyclic amines) is 1. The molecule has 2 aromatic carbocycles. The van der Waals surface area contributed by atoms with Crippen molar-refractivity contribution in [1.29, 1.82) is 0 Å². The van der Waals surface area contributed by atoms with Crippen molar-refractivity contribution in [3.05, 3.63) is 54.6 Å². The largest absolute Gasteiger partial charge is 0.489 e. The molecule has 5 aromatic rings. The van der Waals surface area contributed by atoms with E-state index in [0.29, 0.717) is 36.5 Å². The molecular weight excluding hydrogens is 554 g/mol. The number of aliphatic hydroxyl groups excluding tert-OH is 1. The Balaban J connectivity index is 1.35. The summed E-state index contributed by atoms with van der Waals surface area (Å²) < 4.78 is 15.1. The van der Waals surface area contributed by atoms with E-state index in [1.807, 2.05) is 69.9 Å². The van der Waals surface area contributed by atoms with E-state index < -0.39 is 17.7 Å². The van der Waals surface area contributed by atoms with Gasteiger partial charge in [-0.05, 0) is 56.7 Å². The highest BCUT2D eigenvalue weighted by Gasteiger charge is 2.35. The molecule has 4 heterocycles. The molecule has 0 spiro atoms. The van der Waals surface area contributed by atoms with Gasteiger partial charge in [0.25, 0.3) is 0 Å². The third-order valence-electron chi connectivity index (χ3n) is 7.13. The summed E-state index contributed by atoms with van der Waals surface area (Å²) in [5.74, 6) is 1.22. The smallest absolute Gasteiger partial charge is 0.410 e. The Morgan fingerprint density at radius 1 is 1.14 bits per heavy atom. The number of aryl methyl sites for hydroxylation is 1. The molecule has 2 atom stereocenters. The van der Waals surface area contributed by atoms with Gasteiger partial charge >= 0.3 is 6.09 Å². The number of benzene rings is 2. The first-order chi connectivity index (χ1) is 20.2. The number of carbonyl (C=O) groups is 1. The Morgan fingerprint density at radius 3 is 2.76 bits per heavy atom. The van der Waals surface area contributed by atoms with Crippen LogP contribution in [0.3, 0.4) is 0 Å². The van der Waals surface area contributed by atoms with Crippen LogP contribution in [-0.4, -0.2) is 71.7 Å². The molecule has 2 N–H and O–H groups in total. The fraction of sp³-hybridized carbons (Fsp3) is 0.367. The van der Waals surface area contributed by atoms with Crippen LogP contribution in [0, 0.1) is 0 Å². The van der Waals surface area contributed by atoms with Gasteiger partial charge in [-0.1, -0.05) is 0 Å². The van der Waals surface area contributed by atoms with Gasteiger partial charge in [-0.3, -0.25) is 4.68 Å². The number of nitrogens with one attached hydrogen (secondary N) is 1. The minimum atomic E-state index is -0.621. The fourth-order valence-electron chi connectivity index (χ4n) is 5.18.